The first-order valence-corrected chi connectivity index (χ1v) is 11.5. The number of ether oxygens (including phenoxy) is 1. The number of hydrogen-bond acceptors (Lipinski definition) is 5. The Balaban J connectivity index is 1.75. The van der Waals surface area contributed by atoms with Crippen molar-refractivity contribution in [3.63, 3.8) is 0 Å². The van der Waals surface area contributed by atoms with Crippen molar-refractivity contribution in [3.8, 4) is 0 Å². The van der Waals surface area contributed by atoms with Crippen LogP contribution >= 0.6 is 34.8 Å². The average molecular weight is 478 g/mol. The molecule has 2 aromatic carbocycles. The molecular weight excluding hydrogens is 459 g/mol. The van der Waals surface area contributed by atoms with E-state index in [-0.39, 0.29) is 34.6 Å². The summed E-state index contributed by atoms with van der Waals surface area (Å²) in [4.78, 5) is 13.7. The van der Waals surface area contributed by atoms with Gasteiger partial charge in [-0.05, 0) is 37.3 Å². The summed E-state index contributed by atoms with van der Waals surface area (Å²) in [7, 11) is -3.81. The summed E-state index contributed by atoms with van der Waals surface area (Å²) in [6, 6.07) is 9.55. The lowest BCUT2D eigenvalue weighted by atomic mass is 10.2. The highest BCUT2D eigenvalue weighted by Crippen LogP contribution is 2.33. The van der Waals surface area contributed by atoms with Gasteiger partial charge in [0.15, 0.2) is 0 Å². The summed E-state index contributed by atoms with van der Waals surface area (Å²) in [5.74, 6) is -0.437. The van der Waals surface area contributed by atoms with E-state index in [1.165, 1.54) is 16.4 Å². The van der Waals surface area contributed by atoms with E-state index in [4.69, 9.17) is 39.5 Å². The number of halogens is 3. The van der Waals surface area contributed by atoms with Crippen molar-refractivity contribution < 1.29 is 17.9 Å². The highest BCUT2D eigenvalue weighted by atomic mass is 35.5. The maximum atomic E-state index is 13.0. The Hall–Kier alpha value is -1.51. The number of anilines is 1. The monoisotopic (exact) mass is 476 g/mol. The van der Waals surface area contributed by atoms with Crippen LogP contribution in [0.3, 0.4) is 0 Å². The molecule has 10 heteroatoms. The fraction of sp³-hybridized carbons (Fsp3) is 0.316. The maximum absolute atomic E-state index is 13.0. The lowest BCUT2D eigenvalue weighted by molar-refractivity contribution is 0.0526. The lowest BCUT2D eigenvalue weighted by Crippen LogP contribution is -2.48. The van der Waals surface area contributed by atoms with Crippen LogP contribution in [-0.4, -0.2) is 51.5 Å². The predicted molar refractivity (Wildman–Crippen MR) is 115 cm³/mol. The Morgan fingerprint density at radius 3 is 2.17 bits per heavy atom. The molecule has 29 heavy (non-hydrogen) atoms. The maximum Gasteiger partial charge on any atom is 0.338 e. The first kappa shape index (κ1) is 22.2. The molecule has 3 rings (SSSR count). The zero-order valence-corrected chi connectivity index (χ0v) is 18.7. The number of esters is 1. The zero-order valence-electron chi connectivity index (χ0n) is 15.6. The number of carbonyl (C=O) groups excluding carboxylic acids is 1. The molecule has 0 saturated carbocycles. The molecule has 1 fully saturated rings. The summed E-state index contributed by atoms with van der Waals surface area (Å²) in [5.41, 5.74) is 1.10. The predicted octanol–water partition coefficient (Wildman–Crippen LogP) is 4.33. The summed E-state index contributed by atoms with van der Waals surface area (Å²) >= 11 is 18.5. The molecule has 1 aliphatic heterocycles. The third kappa shape index (κ3) is 4.64. The number of nitrogens with zero attached hydrogens (tertiary/aromatic N) is 2. The molecule has 0 spiro atoms. The van der Waals surface area contributed by atoms with E-state index in [0.29, 0.717) is 23.7 Å². The van der Waals surface area contributed by atoms with Crippen molar-refractivity contribution in [1.29, 1.82) is 0 Å². The first-order valence-electron chi connectivity index (χ1n) is 8.91. The second-order valence-electron chi connectivity index (χ2n) is 6.33. The quantitative estimate of drug-likeness (QED) is 0.600. The molecule has 0 bridgehead atoms. The first-order chi connectivity index (χ1) is 13.8. The lowest BCUT2D eigenvalue weighted by Gasteiger charge is -2.36. The third-order valence-corrected chi connectivity index (χ3v) is 7.71. The highest BCUT2D eigenvalue weighted by Gasteiger charge is 2.32. The summed E-state index contributed by atoms with van der Waals surface area (Å²) in [6.45, 7) is 3.38. The molecule has 1 saturated heterocycles. The Labute approximate surface area is 185 Å². The van der Waals surface area contributed by atoms with Gasteiger partial charge in [-0.1, -0.05) is 40.9 Å². The van der Waals surface area contributed by atoms with Gasteiger partial charge in [0.1, 0.15) is 4.90 Å². The molecule has 2 aromatic rings. The van der Waals surface area contributed by atoms with Crippen LogP contribution in [0.25, 0.3) is 0 Å². The van der Waals surface area contributed by atoms with Gasteiger partial charge < -0.3 is 9.64 Å². The van der Waals surface area contributed by atoms with Crippen LogP contribution in [-0.2, 0) is 14.8 Å². The number of sulfonamides is 1. The molecule has 156 valence electrons. The molecule has 0 amide bonds. The second-order valence-corrected chi connectivity index (χ2v) is 9.42. The number of benzene rings is 2. The highest BCUT2D eigenvalue weighted by molar-refractivity contribution is 7.89. The van der Waals surface area contributed by atoms with Crippen molar-refractivity contribution in [1.82, 2.24) is 4.31 Å². The van der Waals surface area contributed by atoms with Gasteiger partial charge in [-0.2, -0.15) is 4.31 Å². The normalized spacial score (nSPS) is 15.4. The molecular formula is C19H19Cl3N2O4S. The Bertz CT molecular complexity index is 1000. The summed E-state index contributed by atoms with van der Waals surface area (Å²) in [5, 5.41) is 0.594. The molecule has 0 atom stereocenters. The van der Waals surface area contributed by atoms with Crippen LogP contribution in [0.4, 0.5) is 5.69 Å². The van der Waals surface area contributed by atoms with Gasteiger partial charge in [-0.25, -0.2) is 13.2 Å². The van der Waals surface area contributed by atoms with E-state index in [1.54, 1.807) is 31.2 Å². The van der Waals surface area contributed by atoms with Gasteiger partial charge in [-0.3, -0.25) is 0 Å². The van der Waals surface area contributed by atoms with Gasteiger partial charge in [0.2, 0.25) is 10.0 Å². The molecule has 0 aromatic heterocycles. The Kier molecular flexibility index (Phi) is 6.96. The van der Waals surface area contributed by atoms with Crippen molar-refractivity contribution in [2.45, 2.75) is 11.8 Å². The van der Waals surface area contributed by atoms with Gasteiger partial charge in [0.05, 0.1) is 32.9 Å². The van der Waals surface area contributed by atoms with E-state index < -0.39 is 16.0 Å². The second kappa shape index (κ2) is 9.10. The standard InChI is InChI=1S/C19H19Cl3N2O4S/c1-2-28-19(25)13-6-7-17(16(22)12-13)23-8-10-24(11-9-23)29(26,27)18-14(20)4-3-5-15(18)21/h3-7,12H,2,8-11H2,1H3. The van der Waals surface area contributed by atoms with E-state index in [2.05, 4.69) is 0 Å². The fourth-order valence-electron chi connectivity index (χ4n) is 3.13. The number of rotatable bonds is 5. The van der Waals surface area contributed by atoms with Gasteiger partial charge >= 0.3 is 5.97 Å². The van der Waals surface area contributed by atoms with Gasteiger partial charge in [-0.15, -0.1) is 0 Å². The van der Waals surface area contributed by atoms with Crippen LogP contribution < -0.4 is 4.90 Å². The summed E-state index contributed by atoms with van der Waals surface area (Å²) in [6.07, 6.45) is 0. The zero-order chi connectivity index (χ0) is 21.2. The number of piperazine rings is 1. The van der Waals surface area contributed by atoms with Crippen LogP contribution in [0, 0.1) is 0 Å². The van der Waals surface area contributed by atoms with Crippen LogP contribution in [0.5, 0.6) is 0 Å². The van der Waals surface area contributed by atoms with Crippen molar-refractivity contribution in [2.24, 2.45) is 0 Å². The SMILES string of the molecule is CCOC(=O)c1ccc(N2CCN(S(=O)(=O)c3c(Cl)cccc3Cl)CC2)c(Cl)c1. The minimum atomic E-state index is -3.81. The van der Waals surface area contributed by atoms with Crippen LogP contribution in [0.15, 0.2) is 41.3 Å². The van der Waals surface area contributed by atoms with E-state index in [0.717, 1.165) is 5.69 Å². The van der Waals surface area contributed by atoms with Crippen LogP contribution in [0.1, 0.15) is 17.3 Å². The Morgan fingerprint density at radius 2 is 1.62 bits per heavy atom. The third-order valence-electron chi connectivity index (χ3n) is 4.55. The van der Waals surface area contributed by atoms with Crippen molar-refractivity contribution >= 4 is 56.5 Å². The van der Waals surface area contributed by atoms with E-state index in [9.17, 15) is 13.2 Å². The topological polar surface area (TPSA) is 66.9 Å². The van der Waals surface area contributed by atoms with Crippen molar-refractivity contribution in [2.75, 3.05) is 37.7 Å². The molecule has 0 aliphatic carbocycles. The molecule has 0 radical (unpaired) electrons. The number of carbonyl (C=O) groups is 1. The largest absolute Gasteiger partial charge is 0.462 e. The summed E-state index contributed by atoms with van der Waals surface area (Å²) < 4.78 is 32.3. The molecule has 0 N–H and O–H groups in total. The van der Waals surface area contributed by atoms with E-state index >= 15 is 0 Å². The smallest absolute Gasteiger partial charge is 0.338 e. The van der Waals surface area contributed by atoms with E-state index in [1.807, 2.05) is 4.90 Å². The van der Waals surface area contributed by atoms with Gasteiger partial charge in [0.25, 0.3) is 0 Å². The number of hydrogen-bond donors (Lipinski definition) is 0. The van der Waals surface area contributed by atoms with Crippen LogP contribution in [0.2, 0.25) is 15.1 Å². The van der Waals surface area contributed by atoms with Gasteiger partial charge in [0, 0.05) is 26.2 Å². The minimum Gasteiger partial charge on any atom is -0.462 e. The average Bonchev–Trinajstić information content (AvgIpc) is 2.68. The minimum absolute atomic E-state index is 0.0754. The Morgan fingerprint density at radius 1 is 1.00 bits per heavy atom. The van der Waals surface area contributed by atoms with Crippen molar-refractivity contribution in [3.05, 3.63) is 57.0 Å². The molecule has 0 unspecified atom stereocenters. The molecule has 1 aliphatic rings. The molecule has 1 heterocycles. The fourth-order valence-corrected chi connectivity index (χ4v) is 5.95. The molecule has 6 nitrogen and oxygen atoms in total.